The number of fused-ring (bicyclic) bond motifs is 1. The Morgan fingerprint density at radius 3 is 2.95 bits per heavy atom. The molecule has 2 aromatic heterocycles. The summed E-state index contributed by atoms with van der Waals surface area (Å²) in [6, 6.07) is 9.84. The van der Waals surface area contributed by atoms with Crippen LogP contribution in [0, 0.1) is 0 Å². The summed E-state index contributed by atoms with van der Waals surface area (Å²) in [5.41, 5.74) is 7.93. The largest absolute Gasteiger partial charge is 0.467 e. The predicted octanol–water partition coefficient (Wildman–Crippen LogP) is 3.03. The lowest BCUT2D eigenvalue weighted by atomic mass is 10.3. The Balaban J connectivity index is 1.92. The van der Waals surface area contributed by atoms with Crippen molar-refractivity contribution in [1.82, 2.24) is 4.98 Å². The van der Waals surface area contributed by atoms with Crippen LogP contribution in [-0.4, -0.2) is 11.5 Å². The lowest BCUT2D eigenvalue weighted by Gasteiger charge is -2.16. The van der Waals surface area contributed by atoms with Crippen molar-refractivity contribution < 1.29 is 8.83 Å². The highest BCUT2D eigenvalue weighted by Gasteiger charge is 2.14. The minimum atomic E-state index is 0.583. The number of anilines is 2. The summed E-state index contributed by atoms with van der Waals surface area (Å²) >= 11 is 0. The maximum atomic E-state index is 5.74. The van der Waals surface area contributed by atoms with E-state index in [0.717, 1.165) is 23.4 Å². The lowest BCUT2D eigenvalue weighted by Crippen LogP contribution is -2.21. The van der Waals surface area contributed by atoms with Gasteiger partial charge in [0.25, 0.3) is 6.01 Å². The fraction of sp³-hybridized carbons (Fsp3) is 0.214. The number of nitrogen functional groups attached to an aromatic ring is 1. The van der Waals surface area contributed by atoms with Crippen molar-refractivity contribution in [2.75, 3.05) is 17.2 Å². The monoisotopic (exact) mass is 257 g/mol. The van der Waals surface area contributed by atoms with E-state index in [2.05, 4.69) is 4.98 Å². The highest BCUT2D eigenvalue weighted by atomic mass is 16.4. The summed E-state index contributed by atoms with van der Waals surface area (Å²) in [6.07, 6.45) is 1.66. The normalized spacial score (nSPS) is 11.0. The number of nitrogens with zero attached hydrogens (tertiary/aromatic N) is 2. The van der Waals surface area contributed by atoms with Crippen LogP contribution >= 0.6 is 0 Å². The number of hydrogen-bond acceptors (Lipinski definition) is 5. The van der Waals surface area contributed by atoms with Gasteiger partial charge < -0.3 is 19.5 Å². The third-order valence-electron chi connectivity index (χ3n) is 2.98. The molecule has 0 saturated heterocycles. The van der Waals surface area contributed by atoms with Gasteiger partial charge in [0, 0.05) is 12.2 Å². The van der Waals surface area contributed by atoms with Gasteiger partial charge in [-0.3, -0.25) is 0 Å². The fourth-order valence-electron chi connectivity index (χ4n) is 1.97. The molecule has 0 aliphatic rings. The van der Waals surface area contributed by atoms with Gasteiger partial charge in [-0.25, -0.2) is 0 Å². The van der Waals surface area contributed by atoms with Gasteiger partial charge in [0.2, 0.25) is 0 Å². The van der Waals surface area contributed by atoms with Crippen molar-refractivity contribution in [3.05, 3.63) is 42.4 Å². The average Bonchev–Trinajstić information content (AvgIpc) is 3.03. The highest BCUT2D eigenvalue weighted by Crippen LogP contribution is 2.24. The van der Waals surface area contributed by atoms with E-state index in [0.29, 0.717) is 18.2 Å². The van der Waals surface area contributed by atoms with Crippen LogP contribution in [0.3, 0.4) is 0 Å². The third-order valence-corrected chi connectivity index (χ3v) is 2.98. The molecule has 2 N–H and O–H groups in total. The first-order valence-electron chi connectivity index (χ1n) is 6.19. The topological polar surface area (TPSA) is 68.4 Å². The molecule has 0 fully saturated rings. The zero-order chi connectivity index (χ0) is 13.2. The molecule has 5 heteroatoms. The number of rotatable bonds is 4. The molecule has 0 radical (unpaired) electrons. The van der Waals surface area contributed by atoms with Crippen LogP contribution in [0.15, 0.2) is 45.4 Å². The van der Waals surface area contributed by atoms with E-state index in [-0.39, 0.29) is 0 Å². The zero-order valence-corrected chi connectivity index (χ0v) is 10.7. The average molecular weight is 257 g/mol. The minimum Gasteiger partial charge on any atom is -0.467 e. The first-order chi connectivity index (χ1) is 9.26. The third kappa shape index (κ3) is 2.27. The molecule has 98 valence electrons. The summed E-state index contributed by atoms with van der Waals surface area (Å²) in [6.45, 7) is 3.46. The van der Waals surface area contributed by atoms with Gasteiger partial charge in [-0.05, 0) is 37.3 Å². The summed E-state index contributed by atoms with van der Waals surface area (Å²) in [7, 11) is 0. The second-order valence-corrected chi connectivity index (χ2v) is 4.32. The van der Waals surface area contributed by atoms with Crippen LogP contribution in [0.4, 0.5) is 11.7 Å². The first-order valence-corrected chi connectivity index (χ1v) is 6.19. The number of oxazole rings is 1. The van der Waals surface area contributed by atoms with Gasteiger partial charge in [-0.15, -0.1) is 0 Å². The first kappa shape index (κ1) is 11.6. The van der Waals surface area contributed by atoms with Crippen molar-refractivity contribution in [2.45, 2.75) is 13.5 Å². The quantitative estimate of drug-likeness (QED) is 0.727. The Labute approximate surface area is 110 Å². The molecule has 0 aliphatic carbocycles. The van der Waals surface area contributed by atoms with E-state index in [9.17, 15) is 0 Å². The smallest absolute Gasteiger partial charge is 0.298 e. The Bertz CT molecular complexity index is 673. The number of aromatic nitrogens is 1. The molecule has 0 saturated carbocycles. The highest BCUT2D eigenvalue weighted by molar-refractivity contribution is 5.78. The predicted molar refractivity (Wildman–Crippen MR) is 73.9 cm³/mol. The van der Waals surface area contributed by atoms with E-state index < -0.39 is 0 Å². The van der Waals surface area contributed by atoms with E-state index >= 15 is 0 Å². The van der Waals surface area contributed by atoms with Gasteiger partial charge in [0.05, 0.1) is 12.8 Å². The molecule has 0 spiro atoms. The molecule has 0 unspecified atom stereocenters. The van der Waals surface area contributed by atoms with Crippen LogP contribution in [0.1, 0.15) is 12.7 Å². The van der Waals surface area contributed by atoms with Gasteiger partial charge in [-0.1, -0.05) is 0 Å². The van der Waals surface area contributed by atoms with Crippen molar-refractivity contribution in [3.63, 3.8) is 0 Å². The Morgan fingerprint density at radius 1 is 1.32 bits per heavy atom. The van der Waals surface area contributed by atoms with E-state index in [1.54, 1.807) is 12.3 Å². The lowest BCUT2D eigenvalue weighted by molar-refractivity contribution is 0.488. The maximum absolute atomic E-state index is 5.74. The zero-order valence-electron chi connectivity index (χ0n) is 10.7. The van der Waals surface area contributed by atoms with Crippen LogP contribution in [0.25, 0.3) is 11.1 Å². The number of furan rings is 1. The van der Waals surface area contributed by atoms with Gasteiger partial charge in [-0.2, -0.15) is 4.98 Å². The summed E-state index contributed by atoms with van der Waals surface area (Å²) < 4.78 is 11.1. The second kappa shape index (κ2) is 4.68. The molecule has 3 aromatic rings. The van der Waals surface area contributed by atoms with Crippen LogP contribution in [0.5, 0.6) is 0 Å². The maximum Gasteiger partial charge on any atom is 0.298 e. The summed E-state index contributed by atoms with van der Waals surface area (Å²) in [5, 5.41) is 0. The molecular weight excluding hydrogens is 242 g/mol. The van der Waals surface area contributed by atoms with Crippen LogP contribution in [0.2, 0.25) is 0 Å². The van der Waals surface area contributed by atoms with E-state index in [1.807, 2.05) is 36.1 Å². The van der Waals surface area contributed by atoms with Crippen LogP contribution < -0.4 is 10.6 Å². The van der Waals surface area contributed by atoms with E-state index in [1.165, 1.54) is 0 Å². The molecule has 19 heavy (non-hydrogen) atoms. The minimum absolute atomic E-state index is 0.583. The number of nitrogens with two attached hydrogens (primary N) is 1. The van der Waals surface area contributed by atoms with Gasteiger partial charge in [0.15, 0.2) is 5.58 Å². The fourth-order valence-corrected chi connectivity index (χ4v) is 1.97. The molecular formula is C14H15N3O2. The number of hydrogen-bond donors (Lipinski definition) is 1. The van der Waals surface area contributed by atoms with Gasteiger partial charge in [0.1, 0.15) is 11.3 Å². The summed E-state index contributed by atoms with van der Waals surface area (Å²) in [5.74, 6) is 0.878. The van der Waals surface area contributed by atoms with Crippen molar-refractivity contribution in [3.8, 4) is 0 Å². The molecule has 1 aromatic carbocycles. The SMILES string of the molecule is CCN(Cc1ccco1)c1nc2cc(N)ccc2o1. The van der Waals surface area contributed by atoms with E-state index in [4.69, 9.17) is 14.6 Å². The Kier molecular flexibility index (Phi) is 2.87. The van der Waals surface area contributed by atoms with Gasteiger partial charge >= 0.3 is 0 Å². The molecule has 0 bridgehead atoms. The molecule has 0 aliphatic heterocycles. The second-order valence-electron chi connectivity index (χ2n) is 4.32. The molecule has 0 atom stereocenters. The molecule has 0 amide bonds. The standard InChI is InChI=1S/C14H15N3O2/c1-2-17(9-11-4-3-7-18-11)14-16-12-8-10(15)5-6-13(12)19-14/h3-8H,2,9,15H2,1H3. The summed E-state index contributed by atoms with van der Waals surface area (Å²) in [4.78, 5) is 6.47. The Hall–Kier alpha value is -2.43. The number of benzene rings is 1. The molecule has 2 heterocycles. The van der Waals surface area contributed by atoms with Crippen molar-refractivity contribution in [2.24, 2.45) is 0 Å². The molecule has 5 nitrogen and oxygen atoms in total. The van der Waals surface area contributed by atoms with Crippen molar-refractivity contribution in [1.29, 1.82) is 0 Å². The van der Waals surface area contributed by atoms with Crippen LogP contribution in [-0.2, 0) is 6.54 Å². The van der Waals surface area contributed by atoms with Crippen molar-refractivity contribution >= 4 is 22.8 Å². The molecule has 3 rings (SSSR count). The Morgan fingerprint density at radius 2 is 2.21 bits per heavy atom.